The van der Waals surface area contributed by atoms with Gasteiger partial charge in [0.15, 0.2) is 5.54 Å². The lowest BCUT2D eigenvalue weighted by atomic mass is 9.88. The van der Waals surface area contributed by atoms with Crippen molar-refractivity contribution < 1.29 is 19.4 Å². The van der Waals surface area contributed by atoms with E-state index in [9.17, 15) is 4.79 Å². The minimum absolute atomic E-state index is 0.0188. The highest BCUT2D eigenvalue weighted by Crippen LogP contribution is 2.31. The molecule has 0 aliphatic carbocycles. The van der Waals surface area contributed by atoms with Gasteiger partial charge in [-0.3, -0.25) is 4.79 Å². The minimum atomic E-state index is -1.07. The largest absolute Gasteiger partial charge is 0.494 e. The quantitative estimate of drug-likeness (QED) is 0.240. The topological polar surface area (TPSA) is 120 Å². The number of rotatable bonds is 10. The summed E-state index contributed by atoms with van der Waals surface area (Å²) in [6.07, 6.45) is 4.05. The standard InChI is InChI=1S/C26H31N5O4/c27-30-28-18-22-8-3-2-7-21(22)17-26(25(33)31-13-4-1-5-14-31)19-35-24(29-26)20-9-11-23(12-10-20)34-16-6-15-32/h2-3,7-12,32H,1,4-6,13-19H2/t26-/m1/s1. The second-order valence-corrected chi connectivity index (χ2v) is 8.87. The Morgan fingerprint density at radius 1 is 1.14 bits per heavy atom. The van der Waals surface area contributed by atoms with E-state index in [0.717, 1.165) is 49.0 Å². The molecular weight excluding hydrogens is 446 g/mol. The van der Waals surface area contributed by atoms with Crippen LogP contribution in [0, 0.1) is 0 Å². The first-order chi connectivity index (χ1) is 17.1. The molecule has 35 heavy (non-hydrogen) atoms. The first kappa shape index (κ1) is 24.6. The maximum atomic E-state index is 13.8. The van der Waals surface area contributed by atoms with Crippen LogP contribution < -0.4 is 4.74 Å². The molecule has 1 saturated heterocycles. The molecule has 2 aliphatic heterocycles. The lowest BCUT2D eigenvalue weighted by Gasteiger charge is -2.34. The Labute approximate surface area is 205 Å². The van der Waals surface area contributed by atoms with Crippen molar-refractivity contribution in [3.05, 3.63) is 75.7 Å². The number of carbonyl (C=O) groups excluding carboxylic acids is 1. The third kappa shape index (κ3) is 5.93. The number of ether oxygens (including phenoxy) is 2. The first-order valence-electron chi connectivity index (χ1n) is 12.1. The smallest absolute Gasteiger partial charge is 0.254 e. The van der Waals surface area contributed by atoms with Crippen molar-refractivity contribution >= 4 is 11.8 Å². The predicted molar refractivity (Wildman–Crippen MR) is 132 cm³/mol. The molecule has 2 heterocycles. The van der Waals surface area contributed by atoms with E-state index in [0.29, 0.717) is 31.1 Å². The van der Waals surface area contributed by atoms with Crippen molar-refractivity contribution in [2.45, 2.75) is 44.2 Å². The van der Waals surface area contributed by atoms with Crippen LogP contribution >= 0.6 is 0 Å². The zero-order valence-electron chi connectivity index (χ0n) is 19.8. The third-order valence-corrected chi connectivity index (χ3v) is 6.38. The summed E-state index contributed by atoms with van der Waals surface area (Å²) in [7, 11) is 0. The van der Waals surface area contributed by atoms with Crippen LogP contribution in [-0.4, -0.2) is 60.3 Å². The van der Waals surface area contributed by atoms with Gasteiger partial charge in [-0.1, -0.05) is 29.4 Å². The maximum absolute atomic E-state index is 13.8. The summed E-state index contributed by atoms with van der Waals surface area (Å²) >= 11 is 0. The number of hydrogen-bond acceptors (Lipinski definition) is 6. The molecule has 0 radical (unpaired) electrons. The molecule has 0 aromatic heterocycles. The van der Waals surface area contributed by atoms with Gasteiger partial charge in [0.2, 0.25) is 5.90 Å². The fourth-order valence-corrected chi connectivity index (χ4v) is 4.52. The van der Waals surface area contributed by atoms with Gasteiger partial charge >= 0.3 is 0 Å². The third-order valence-electron chi connectivity index (χ3n) is 6.38. The number of benzene rings is 2. The molecule has 9 heteroatoms. The Morgan fingerprint density at radius 3 is 2.60 bits per heavy atom. The number of aliphatic hydroxyl groups excluding tert-OH is 1. The lowest BCUT2D eigenvalue weighted by molar-refractivity contribution is -0.138. The molecule has 1 atom stereocenters. The number of amides is 1. The number of piperidine rings is 1. The van der Waals surface area contributed by atoms with Crippen LogP contribution in [0.4, 0.5) is 0 Å². The number of aliphatic imine (C=N–C) groups is 1. The van der Waals surface area contributed by atoms with Gasteiger partial charge in [-0.25, -0.2) is 4.99 Å². The van der Waals surface area contributed by atoms with Crippen molar-refractivity contribution in [3.63, 3.8) is 0 Å². The number of azide groups is 1. The Bertz CT molecular complexity index is 1090. The van der Waals surface area contributed by atoms with Gasteiger partial charge in [-0.15, -0.1) is 0 Å². The number of aliphatic hydroxyl groups is 1. The predicted octanol–water partition coefficient (Wildman–Crippen LogP) is 4.03. The van der Waals surface area contributed by atoms with Crippen molar-refractivity contribution in [1.29, 1.82) is 0 Å². The summed E-state index contributed by atoms with van der Waals surface area (Å²) in [5, 5.41) is 12.6. The second-order valence-electron chi connectivity index (χ2n) is 8.87. The average molecular weight is 478 g/mol. The summed E-state index contributed by atoms with van der Waals surface area (Å²) in [4.78, 5) is 23.6. The fourth-order valence-electron chi connectivity index (χ4n) is 4.52. The summed E-state index contributed by atoms with van der Waals surface area (Å²) in [6.45, 7) is 2.35. The highest BCUT2D eigenvalue weighted by Gasteiger charge is 2.47. The molecule has 4 rings (SSSR count). The van der Waals surface area contributed by atoms with Gasteiger partial charge in [0.05, 0.1) is 13.2 Å². The molecule has 2 aliphatic rings. The van der Waals surface area contributed by atoms with E-state index < -0.39 is 5.54 Å². The van der Waals surface area contributed by atoms with Gasteiger partial charge in [-0.2, -0.15) is 0 Å². The van der Waals surface area contributed by atoms with Crippen molar-refractivity contribution in [1.82, 2.24) is 4.90 Å². The lowest BCUT2D eigenvalue weighted by Crippen LogP contribution is -2.52. The molecule has 2 aromatic rings. The van der Waals surface area contributed by atoms with Gasteiger partial charge in [-0.05, 0) is 60.2 Å². The van der Waals surface area contributed by atoms with Gasteiger partial charge in [0, 0.05) is 43.0 Å². The minimum Gasteiger partial charge on any atom is -0.494 e. The van der Waals surface area contributed by atoms with E-state index in [1.54, 1.807) is 0 Å². The Balaban J connectivity index is 1.63. The van der Waals surface area contributed by atoms with Crippen LogP contribution in [0.1, 0.15) is 42.4 Å². The Hall–Kier alpha value is -3.55. The Morgan fingerprint density at radius 2 is 1.89 bits per heavy atom. The number of likely N-dealkylation sites (tertiary alicyclic amines) is 1. The zero-order valence-corrected chi connectivity index (χ0v) is 19.8. The second kappa shape index (κ2) is 11.7. The van der Waals surface area contributed by atoms with Crippen LogP contribution in [0.15, 0.2) is 58.6 Å². The molecule has 0 unspecified atom stereocenters. The molecule has 0 spiro atoms. The summed E-state index contributed by atoms with van der Waals surface area (Å²) < 4.78 is 11.7. The van der Waals surface area contributed by atoms with Crippen molar-refractivity contribution in [2.24, 2.45) is 10.1 Å². The van der Waals surface area contributed by atoms with Crippen LogP contribution in [-0.2, 0) is 22.5 Å². The first-order valence-corrected chi connectivity index (χ1v) is 12.1. The molecule has 184 valence electrons. The zero-order chi connectivity index (χ0) is 24.5. The van der Waals surface area contributed by atoms with E-state index in [-0.39, 0.29) is 25.7 Å². The van der Waals surface area contributed by atoms with E-state index >= 15 is 0 Å². The molecule has 1 amide bonds. The van der Waals surface area contributed by atoms with Crippen LogP contribution in [0.2, 0.25) is 0 Å². The van der Waals surface area contributed by atoms with Crippen LogP contribution in [0.5, 0.6) is 5.75 Å². The highest BCUT2D eigenvalue weighted by atomic mass is 16.5. The van der Waals surface area contributed by atoms with Crippen LogP contribution in [0.25, 0.3) is 10.4 Å². The summed E-state index contributed by atoms with van der Waals surface area (Å²) in [6, 6.07) is 15.1. The number of carbonyl (C=O) groups is 1. The average Bonchev–Trinajstić information content (AvgIpc) is 3.34. The normalized spacial score (nSPS) is 19.5. The monoisotopic (exact) mass is 477 g/mol. The molecule has 1 fully saturated rings. The van der Waals surface area contributed by atoms with Gasteiger partial charge < -0.3 is 19.5 Å². The summed E-state index contributed by atoms with van der Waals surface area (Å²) in [5.41, 5.74) is 10.3. The Kier molecular flexibility index (Phi) is 8.23. The SMILES string of the molecule is [N-]=[N+]=NCc1ccccc1C[C@]1(C(=O)N2CCCCC2)COC(c2ccc(OCCCO)cc2)=N1. The van der Waals surface area contributed by atoms with E-state index in [4.69, 9.17) is 25.1 Å². The van der Waals surface area contributed by atoms with Gasteiger partial charge in [0.25, 0.3) is 5.91 Å². The van der Waals surface area contributed by atoms with Crippen LogP contribution in [0.3, 0.4) is 0 Å². The molecule has 0 saturated carbocycles. The number of nitrogens with zero attached hydrogens (tertiary/aromatic N) is 5. The van der Waals surface area contributed by atoms with Crippen molar-refractivity contribution in [3.8, 4) is 5.75 Å². The van der Waals surface area contributed by atoms with Gasteiger partial charge in [0.1, 0.15) is 12.4 Å². The molecular formula is C26H31N5O4. The van der Waals surface area contributed by atoms with Crippen molar-refractivity contribution in [2.75, 3.05) is 32.9 Å². The van der Waals surface area contributed by atoms with E-state index in [1.165, 1.54) is 0 Å². The maximum Gasteiger partial charge on any atom is 0.254 e. The molecule has 1 N–H and O–H groups in total. The fraction of sp³-hybridized carbons (Fsp3) is 0.462. The highest BCUT2D eigenvalue weighted by molar-refractivity contribution is 6.00. The molecule has 2 aromatic carbocycles. The molecule has 0 bridgehead atoms. The van der Waals surface area contributed by atoms with E-state index in [1.807, 2.05) is 53.4 Å². The summed E-state index contributed by atoms with van der Waals surface area (Å²) in [5.74, 6) is 1.11. The number of hydrogen-bond donors (Lipinski definition) is 1. The van der Waals surface area contributed by atoms with E-state index in [2.05, 4.69) is 10.0 Å². The molecule has 9 nitrogen and oxygen atoms in total.